The number of hydrogen-bond acceptors (Lipinski definition) is 5. The molecule has 1 aliphatic heterocycles. The first-order valence-corrected chi connectivity index (χ1v) is 10.3. The van der Waals surface area contributed by atoms with Crippen LogP contribution in [0.5, 0.6) is 11.5 Å². The lowest BCUT2D eigenvalue weighted by Gasteiger charge is -2.34. The number of carbonyl (C=O) groups is 2. The van der Waals surface area contributed by atoms with Crippen LogP contribution in [0, 0.1) is 0 Å². The van der Waals surface area contributed by atoms with E-state index in [0.717, 1.165) is 25.4 Å². The van der Waals surface area contributed by atoms with Crippen molar-refractivity contribution in [3.05, 3.63) is 60.2 Å². The van der Waals surface area contributed by atoms with E-state index in [1.54, 1.807) is 17.0 Å². The van der Waals surface area contributed by atoms with Crippen molar-refractivity contribution in [1.82, 2.24) is 15.1 Å². The number of amides is 2. The predicted molar refractivity (Wildman–Crippen MR) is 114 cm³/mol. The van der Waals surface area contributed by atoms with Gasteiger partial charge in [0.1, 0.15) is 11.5 Å². The molecule has 2 amide bonds. The fraction of sp³-hybridized carbons (Fsp3) is 0.391. The van der Waals surface area contributed by atoms with Crippen LogP contribution in [0.1, 0.15) is 12.5 Å². The molecule has 0 aliphatic carbocycles. The Hall–Kier alpha value is -3.06. The zero-order valence-corrected chi connectivity index (χ0v) is 17.4. The van der Waals surface area contributed by atoms with Gasteiger partial charge in [0.05, 0.1) is 13.2 Å². The lowest BCUT2D eigenvalue weighted by atomic mass is 10.2. The summed E-state index contributed by atoms with van der Waals surface area (Å²) in [5.74, 6) is 1.14. The highest BCUT2D eigenvalue weighted by atomic mass is 16.5. The Kier molecular flexibility index (Phi) is 8.09. The number of nitrogens with zero attached hydrogens (tertiary/aromatic N) is 2. The summed E-state index contributed by atoms with van der Waals surface area (Å²) in [5.41, 5.74) is 1.23. The second-order valence-electron chi connectivity index (χ2n) is 7.11. The number of nitrogens with one attached hydrogen (secondary N) is 1. The third-order valence-electron chi connectivity index (χ3n) is 4.92. The van der Waals surface area contributed by atoms with Crippen molar-refractivity contribution in [2.45, 2.75) is 13.5 Å². The van der Waals surface area contributed by atoms with Gasteiger partial charge in [0.15, 0.2) is 6.61 Å². The largest absolute Gasteiger partial charge is 0.494 e. The minimum absolute atomic E-state index is 0.00409. The molecular weight excluding hydrogens is 382 g/mol. The summed E-state index contributed by atoms with van der Waals surface area (Å²) in [6.07, 6.45) is 0. The van der Waals surface area contributed by atoms with Gasteiger partial charge in [0.2, 0.25) is 5.91 Å². The Balaban J connectivity index is 1.34. The van der Waals surface area contributed by atoms with Crippen molar-refractivity contribution in [3.8, 4) is 11.5 Å². The summed E-state index contributed by atoms with van der Waals surface area (Å²) < 4.78 is 10.9. The number of rotatable bonds is 9. The predicted octanol–water partition coefficient (Wildman–Crippen LogP) is 1.92. The minimum Gasteiger partial charge on any atom is -0.494 e. The molecule has 0 radical (unpaired) electrons. The van der Waals surface area contributed by atoms with Crippen LogP contribution in [0.3, 0.4) is 0 Å². The Bertz CT molecular complexity index is 803. The number of hydrogen-bond donors (Lipinski definition) is 1. The summed E-state index contributed by atoms with van der Waals surface area (Å²) in [6, 6.07) is 17.3. The molecule has 3 rings (SSSR count). The van der Waals surface area contributed by atoms with Gasteiger partial charge >= 0.3 is 0 Å². The van der Waals surface area contributed by atoms with Crippen LogP contribution >= 0.6 is 0 Å². The maximum atomic E-state index is 12.4. The molecule has 1 N–H and O–H groups in total. The zero-order chi connectivity index (χ0) is 21.2. The van der Waals surface area contributed by atoms with Gasteiger partial charge in [0, 0.05) is 32.7 Å². The number of para-hydroxylation sites is 1. The molecule has 0 unspecified atom stereocenters. The third-order valence-corrected chi connectivity index (χ3v) is 4.92. The molecule has 7 nitrogen and oxygen atoms in total. The average Bonchev–Trinajstić information content (AvgIpc) is 2.79. The van der Waals surface area contributed by atoms with E-state index in [4.69, 9.17) is 9.47 Å². The van der Waals surface area contributed by atoms with E-state index in [-0.39, 0.29) is 25.0 Å². The number of piperazine rings is 1. The van der Waals surface area contributed by atoms with Crippen LogP contribution in [0.2, 0.25) is 0 Å². The summed E-state index contributed by atoms with van der Waals surface area (Å²) in [7, 11) is 0. The minimum atomic E-state index is -0.304. The van der Waals surface area contributed by atoms with E-state index in [9.17, 15) is 9.59 Å². The van der Waals surface area contributed by atoms with Gasteiger partial charge in [-0.2, -0.15) is 0 Å². The molecule has 1 aliphatic rings. The van der Waals surface area contributed by atoms with E-state index in [2.05, 4.69) is 22.3 Å². The van der Waals surface area contributed by atoms with Crippen LogP contribution < -0.4 is 14.8 Å². The van der Waals surface area contributed by atoms with E-state index in [1.165, 1.54) is 5.56 Å². The molecule has 0 aromatic heterocycles. The van der Waals surface area contributed by atoms with Gasteiger partial charge in [-0.1, -0.05) is 30.3 Å². The summed E-state index contributed by atoms with van der Waals surface area (Å²) in [6.45, 7) is 6.31. The molecule has 0 spiro atoms. The normalized spacial score (nSPS) is 14.2. The second-order valence-corrected chi connectivity index (χ2v) is 7.11. The Morgan fingerprint density at radius 2 is 1.57 bits per heavy atom. The summed E-state index contributed by atoms with van der Waals surface area (Å²) in [4.78, 5) is 28.4. The van der Waals surface area contributed by atoms with Gasteiger partial charge in [-0.05, 0) is 36.8 Å². The Morgan fingerprint density at radius 3 is 2.23 bits per heavy atom. The zero-order valence-electron chi connectivity index (χ0n) is 17.4. The number of ether oxygens (including phenoxy) is 2. The first-order chi connectivity index (χ1) is 14.6. The lowest BCUT2D eigenvalue weighted by molar-refractivity contribution is -0.134. The molecule has 0 bridgehead atoms. The molecule has 2 aromatic carbocycles. The van der Waals surface area contributed by atoms with Crippen molar-refractivity contribution in [2.24, 2.45) is 0 Å². The molecule has 0 saturated carbocycles. The molecular formula is C23H29N3O4. The maximum absolute atomic E-state index is 12.4. The molecule has 1 saturated heterocycles. The number of benzene rings is 2. The van der Waals surface area contributed by atoms with Crippen LogP contribution in [-0.2, 0) is 16.1 Å². The lowest BCUT2D eigenvalue weighted by Crippen LogP contribution is -2.51. The molecule has 0 atom stereocenters. The molecule has 30 heavy (non-hydrogen) atoms. The second kappa shape index (κ2) is 11.2. The van der Waals surface area contributed by atoms with Crippen LogP contribution in [0.15, 0.2) is 54.6 Å². The van der Waals surface area contributed by atoms with E-state index < -0.39 is 0 Å². The fourth-order valence-corrected chi connectivity index (χ4v) is 3.27. The maximum Gasteiger partial charge on any atom is 0.258 e. The van der Waals surface area contributed by atoms with Crippen molar-refractivity contribution < 1.29 is 19.1 Å². The van der Waals surface area contributed by atoms with Gasteiger partial charge in [-0.25, -0.2) is 0 Å². The third kappa shape index (κ3) is 6.77. The van der Waals surface area contributed by atoms with Gasteiger partial charge in [0.25, 0.3) is 5.91 Å². The van der Waals surface area contributed by atoms with E-state index in [0.29, 0.717) is 25.4 Å². The van der Waals surface area contributed by atoms with Crippen LogP contribution in [-0.4, -0.2) is 67.6 Å². The van der Waals surface area contributed by atoms with E-state index >= 15 is 0 Å². The monoisotopic (exact) mass is 411 g/mol. The van der Waals surface area contributed by atoms with Gasteiger partial charge in [-0.3, -0.25) is 14.5 Å². The summed E-state index contributed by atoms with van der Waals surface area (Å²) >= 11 is 0. The highest BCUT2D eigenvalue weighted by molar-refractivity contribution is 5.85. The van der Waals surface area contributed by atoms with Gasteiger partial charge < -0.3 is 19.7 Å². The summed E-state index contributed by atoms with van der Waals surface area (Å²) in [5, 5.41) is 2.64. The Labute approximate surface area is 177 Å². The standard InChI is InChI=1S/C23H29N3O4/c1-2-29-21-10-8-19(9-11-21)17-25-12-14-26(15-13-25)23(28)16-24-22(27)18-30-20-6-4-3-5-7-20/h3-11H,2,12-18H2,1H3,(H,24,27). The Morgan fingerprint density at radius 1 is 0.900 bits per heavy atom. The highest BCUT2D eigenvalue weighted by Gasteiger charge is 2.21. The quantitative estimate of drug-likeness (QED) is 0.683. The van der Waals surface area contributed by atoms with Crippen molar-refractivity contribution >= 4 is 11.8 Å². The molecule has 160 valence electrons. The van der Waals surface area contributed by atoms with Crippen LogP contribution in [0.4, 0.5) is 0 Å². The SMILES string of the molecule is CCOc1ccc(CN2CCN(C(=O)CNC(=O)COc3ccccc3)CC2)cc1. The fourth-order valence-electron chi connectivity index (χ4n) is 3.27. The van der Waals surface area contributed by atoms with Crippen LogP contribution in [0.25, 0.3) is 0 Å². The molecule has 2 aromatic rings. The molecule has 1 heterocycles. The topological polar surface area (TPSA) is 71.1 Å². The van der Waals surface area contributed by atoms with Crippen molar-refractivity contribution in [2.75, 3.05) is 45.9 Å². The van der Waals surface area contributed by atoms with Crippen molar-refractivity contribution in [1.29, 1.82) is 0 Å². The van der Waals surface area contributed by atoms with Crippen molar-refractivity contribution in [3.63, 3.8) is 0 Å². The highest BCUT2D eigenvalue weighted by Crippen LogP contribution is 2.14. The first-order valence-electron chi connectivity index (χ1n) is 10.3. The molecule has 7 heteroatoms. The smallest absolute Gasteiger partial charge is 0.258 e. The number of carbonyl (C=O) groups excluding carboxylic acids is 2. The average molecular weight is 412 g/mol. The van der Waals surface area contributed by atoms with E-state index in [1.807, 2.05) is 37.3 Å². The molecule has 1 fully saturated rings. The first kappa shape index (κ1) is 21.6. The van der Waals surface area contributed by atoms with Gasteiger partial charge in [-0.15, -0.1) is 0 Å².